The zero-order valence-electron chi connectivity index (χ0n) is 32.6. The van der Waals surface area contributed by atoms with Gasteiger partial charge in [0.05, 0.1) is 22.1 Å². The third-order valence-corrected chi connectivity index (χ3v) is 12.4. The molecular formula is C54H37N5. The SMILES string of the molecule is CC1(C)c2ccccc2-c2cc3c(cc21)c1ccc(-n2c4ccccc4c4ccccc42)cc1n3-c1ccc(-c2nc(-c3ccccc3)nc(-c3ccccc3)n2)cc1. The van der Waals surface area contributed by atoms with Crippen molar-refractivity contribution in [1.29, 1.82) is 0 Å². The molecule has 0 amide bonds. The van der Waals surface area contributed by atoms with Crippen LogP contribution >= 0.6 is 0 Å². The van der Waals surface area contributed by atoms with Crippen molar-refractivity contribution < 1.29 is 0 Å². The highest BCUT2D eigenvalue weighted by atomic mass is 15.0. The molecule has 1 aliphatic rings. The van der Waals surface area contributed by atoms with E-state index in [9.17, 15) is 0 Å². The normalized spacial score (nSPS) is 13.1. The molecule has 0 saturated heterocycles. The Balaban J connectivity index is 1.08. The number of aromatic nitrogens is 5. The van der Waals surface area contributed by atoms with Crippen molar-refractivity contribution in [3.05, 3.63) is 199 Å². The van der Waals surface area contributed by atoms with Crippen molar-refractivity contribution in [2.75, 3.05) is 0 Å². The molecule has 0 saturated carbocycles. The van der Waals surface area contributed by atoms with Crippen LogP contribution in [0.5, 0.6) is 0 Å². The third-order valence-electron chi connectivity index (χ3n) is 12.4. The fourth-order valence-electron chi connectivity index (χ4n) is 9.51. The third kappa shape index (κ3) is 5.08. The molecule has 12 rings (SSSR count). The van der Waals surface area contributed by atoms with Crippen LogP contribution < -0.4 is 0 Å². The standard InChI is InChI=1S/C54H37N5/c1-54(2)45-22-12-9-19-39(45)43-33-50-44(32-46(43)54)42-30-29-38(59-47-23-13-10-20-40(47)41-21-11-14-24-48(41)59)31-49(42)58(50)37-27-25-36(26-28-37)53-56-51(34-15-5-3-6-16-34)55-52(57-53)35-17-7-4-8-18-35/h3-33H,1-2H3. The molecule has 1 aliphatic carbocycles. The quantitative estimate of drug-likeness (QED) is 0.176. The summed E-state index contributed by atoms with van der Waals surface area (Å²) in [5.41, 5.74) is 15.0. The van der Waals surface area contributed by atoms with Crippen LogP contribution in [0.15, 0.2) is 188 Å². The molecule has 3 aromatic heterocycles. The smallest absolute Gasteiger partial charge is 0.164 e. The van der Waals surface area contributed by atoms with E-state index < -0.39 is 0 Å². The first-order valence-electron chi connectivity index (χ1n) is 20.2. The van der Waals surface area contributed by atoms with E-state index in [1.807, 2.05) is 60.7 Å². The number of nitrogens with zero attached hydrogens (tertiary/aromatic N) is 5. The van der Waals surface area contributed by atoms with Crippen LogP contribution in [-0.2, 0) is 5.41 Å². The van der Waals surface area contributed by atoms with E-state index in [0.717, 1.165) is 33.6 Å². The van der Waals surface area contributed by atoms with Crippen LogP contribution in [0.25, 0.3) is 100 Å². The number of hydrogen-bond acceptors (Lipinski definition) is 3. The Morgan fingerprint density at radius 1 is 0.339 bits per heavy atom. The molecule has 8 aromatic carbocycles. The summed E-state index contributed by atoms with van der Waals surface area (Å²) in [5.74, 6) is 1.93. The molecule has 0 atom stereocenters. The second kappa shape index (κ2) is 12.7. The average molecular weight is 756 g/mol. The molecule has 0 N–H and O–H groups in total. The summed E-state index contributed by atoms with van der Waals surface area (Å²) < 4.78 is 4.85. The minimum absolute atomic E-state index is 0.110. The Labute approximate surface area is 341 Å². The molecule has 5 nitrogen and oxygen atoms in total. The molecule has 0 bridgehead atoms. The zero-order chi connectivity index (χ0) is 39.2. The van der Waals surface area contributed by atoms with Crippen molar-refractivity contribution in [2.45, 2.75) is 19.3 Å². The molecule has 59 heavy (non-hydrogen) atoms. The van der Waals surface area contributed by atoms with Gasteiger partial charge in [0.25, 0.3) is 0 Å². The summed E-state index contributed by atoms with van der Waals surface area (Å²) >= 11 is 0. The van der Waals surface area contributed by atoms with Crippen LogP contribution in [0.1, 0.15) is 25.0 Å². The molecule has 0 spiro atoms. The van der Waals surface area contributed by atoms with Crippen molar-refractivity contribution in [2.24, 2.45) is 0 Å². The number of para-hydroxylation sites is 2. The number of fused-ring (bicyclic) bond motifs is 9. The summed E-state index contributed by atoms with van der Waals surface area (Å²) in [4.78, 5) is 15.0. The van der Waals surface area contributed by atoms with Crippen molar-refractivity contribution >= 4 is 43.6 Å². The molecule has 5 heteroatoms. The topological polar surface area (TPSA) is 48.5 Å². The fraction of sp³-hybridized carbons (Fsp3) is 0.0556. The number of hydrogen-bond donors (Lipinski definition) is 0. The van der Waals surface area contributed by atoms with Crippen molar-refractivity contribution in [1.82, 2.24) is 24.1 Å². The van der Waals surface area contributed by atoms with Gasteiger partial charge in [-0.25, -0.2) is 15.0 Å². The predicted molar refractivity (Wildman–Crippen MR) is 242 cm³/mol. The van der Waals surface area contributed by atoms with Gasteiger partial charge in [0.15, 0.2) is 17.5 Å². The monoisotopic (exact) mass is 755 g/mol. The minimum atomic E-state index is -0.110. The predicted octanol–water partition coefficient (Wildman–Crippen LogP) is 13.4. The Bertz CT molecular complexity index is 3340. The highest BCUT2D eigenvalue weighted by Crippen LogP contribution is 2.51. The first-order valence-corrected chi connectivity index (χ1v) is 20.2. The van der Waals surface area contributed by atoms with Gasteiger partial charge in [-0.15, -0.1) is 0 Å². The van der Waals surface area contributed by atoms with Crippen LogP contribution in [0.4, 0.5) is 0 Å². The van der Waals surface area contributed by atoms with E-state index in [1.165, 1.54) is 60.3 Å². The maximum absolute atomic E-state index is 5.02. The largest absolute Gasteiger partial charge is 0.309 e. The Kier molecular flexibility index (Phi) is 7.20. The first-order chi connectivity index (χ1) is 29.0. The van der Waals surface area contributed by atoms with Gasteiger partial charge in [-0.05, 0) is 82.9 Å². The van der Waals surface area contributed by atoms with E-state index in [2.05, 4.69) is 150 Å². The summed E-state index contributed by atoms with van der Waals surface area (Å²) in [6, 6.07) is 67.2. The van der Waals surface area contributed by atoms with E-state index in [1.54, 1.807) is 0 Å². The molecule has 0 fully saturated rings. The Morgan fingerprint density at radius 2 is 0.814 bits per heavy atom. The lowest BCUT2D eigenvalue weighted by Gasteiger charge is -2.21. The highest BCUT2D eigenvalue weighted by Gasteiger charge is 2.36. The second-order valence-electron chi connectivity index (χ2n) is 16.1. The van der Waals surface area contributed by atoms with E-state index in [-0.39, 0.29) is 5.41 Å². The van der Waals surface area contributed by atoms with Gasteiger partial charge in [0.1, 0.15) is 0 Å². The van der Waals surface area contributed by atoms with Gasteiger partial charge in [0, 0.05) is 55.0 Å². The second-order valence-corrected chi connectivity index (χ2v) is 16.1. The Hall–Kier alpha value is -7.63. The summed E-state index contributed by atoms with van der Waals surface area (Å²) in [5, 5.41) is 4.97. The van der Waals surface area contributed by atoms with Crippen LogP contribution in [-0.4, -0.2) is 24.1 Å². The molecule has 11 aromatic rings. The number of rotatable bonds is 5. The summed E-state index contributed by atoms with van der Waals surface area (Å²) in [7, 11) is 0. The molecule has 3 heterocycles. The Morgan fingerprint density at radius 3 is 1.44 bits per heavy atom. The summed E-state index contributed by atoms with van der Waals surface area (Å²) in [6.07, 6.45) is 0. The first kappa shape index (κ1) is 33.5. The molecule has 0 unspecified atom stereocenters. The fourth-order valence-corrected chi connectivity index (χ4v) is 9.51. The maximum Gasteiger partial charge on any atom is 0.164 e. The van der Waals surface area contributed by atoms with Gasteiger partial charge in [0.2, 0.25) is 0 Å². The molecule has 278 valence electrons. The lowest BCUT2D eigenvalue weighted by molar-refractivity contribution is 0.661. The molecule has 0 aliphatic heterocycles. The van der Waals surface area contributed by atoms with Gasteiger partial charge < -0.3 is 9.13 Å². The van der Waals surface area contributed by atoms with Gasteiger partial charge in [-0.3, -0.25) is 0 Å². The van der Waals surface area contributed by atoms with E-state index in [4.69, 9.17) is 15.0 Å². The minimum Gasteiger partial charge on any atom is -0.309 e. The van der Waals surface area contributed by atoms with Crippen LogP contribution in [0.2, 0.25) is 0 Å². The molecular weight excluding hydrogens is 719 g/mol. The van der Waals surface area contributed by atoms with Gasteiger partial charge >= 0.3 is 0 Å². The van der Waals surface area contributed by atoms with Crippen molar-refractivity contribution in [3.63, 3.8) is 0 Å². The van der Waals surface area contributed by atoms with Crippen LogP contribution in [0.3, 0.4) is 0 Å². The van der Waals surface area contributed by atoms with Crippen molar-refractivity contribution in [3.8, 4) is 56.7 Å². The summed E-state index contributed by atoms with van der Waals surface area (Å²) in [6.45, 7) is 4.71. The van der Waals surface area contributed by atoms with E-state index in [0.29, 0.717) is 17.5 Å². The average Bonchev–Trinajstić information content (AvgIpc) is 3.88. The molecule has 0 radical (unpaired) electrons. The van der Waals surface area contributed by atoms with Gasteiger partial charge in [-0.2, -0.15) is 0 Å². The van der Waals surface area contributed by atoms with E-state index >= 15 is 0 Å². The zero-order valence-corrected chi connectivity index (χ0v) is 32.6. The highest BCUT2D eigenvalue weighted by molar-refractivity contribution is 6.13. The lowest BCUT2D eigenvalue weighted by atomic mass is 9.82. The van der Waals surface area contributed by atoms with Crippen LogP contribution in [0, 0.1) is 0 Å². The van der Waals surface area contributed by atoms with Gasteiger partial charge in [-0.1, -0.05) is 141 Å². The lowest BCUT2D eigenvalue weighted by Crippen LogP contribution is -2.14. The number of benzene rings is 8. The maximum atomic E-state index is 5.02.